The van der Waals surface area contributed by atoms with Crippen LogP contribution >= 0.6 is 11.8 Å². The molecular weight excluding hydrogens is 360 g/mol. The van der Waals surface area contributed by atoms with Gasteiger partial charge in [0, 0.05) is 40.6 Å². The number of carboxylic acid groups (broad SMARTS) is 1. The first-order valence-electron chi connectivity index (χ1n) is 8.79. The quantitative estimate of drug-likeness (QED) is 0.518. The summed E-state index contributed by atoms with van der Waals surface area (Å²) in [6.07, 6.45) is 2.33. The highest BCUT2D eigenvalue weighted by Crippen LogP contribution is 2.20. The summed E-state index contributed by atoms with van der Waals surface area (Å²) < 4.78 is 0. The number of nitrogens with one attached hydrogen (secondary N) is 2. The molecule has 0 bridgehead atoms. The van der Waals surface area contributed by atoms with Crippen molar-refractivity contribution in [3.8, 4) is 0 Å². The van der Waals surface area contributed by atoms with E-state index in [2.05, 4.69) is 10.3 Å². The maximum atomic E-state index is 12.2. The van der Waals surface area contributed by atoms with Crippen molar-refractivity contribution < 1.29 is 14.7 Å². The number of aromatic amines is 1. The van der Waals surface area contributed by atoms with Gasteiger partial charge in [0.15, 0.2) is 0 Å². The maximum absolute atomic E-state index is 12.2. The van der Waals surface area contributed by atoms with Gasteiger partial charge in [0.2, 0.25) is 5.91 Å². The minimum atomic E-state index is -1.03. The van der Waals surface area contributed by atoms with Crippen LogP contribution in [0, 0.1) is 6.92 Å². The van der Waals surface area contributed by atoms with Crippen molar-refractivity contribution in [3.63, 3.8) is 0 Å². The zero-order valence-corrected chi connectivity index (χ0v) is 15.9. The molecule has 1 amide bonds. The predicted octanol–water partition coefficient (Wildman–Crippen LogP) is 3.77. The Bertz CT molecular complexity index is 934. The Balaban J connectivity index is 1.55. The van der Waals surface area contributed by atoms with Gasteiger partial charge in [-0.25, -0.2) is 4.79 Å². The van der Waals surface area contributed by atoms with Crippen molar-refractivity contribution >= 4 is 34.5 Å². The van der Waals surface area contributed by atoms with E-state index in [9.17, 15) is 14.7 Å². The van der Waals surface area contributed by atoms with Gasteiger partial charge in [0.25, 0.3) is 0 Å². The van der Waals surface area contributed by atoms with Crippen LogP contribution < -0.4 is 5.32 Å². The standard InChI is InChI=1S/C21H22N2O3S/c1-14-6-8-16(9-7-14)27-11-10-20(24)23-19(21(25)26)12-15-13-22-18-5-3-2-4-17(15)18/h2-9,13,19,22H,10-12H2,1H3,(H,23,24)(H,25,26)/t19-/m1/s1. The fraction of sp³-hybridized carbons (Fsp3) is 0.238. The topological polar surface area (TPSA) is 82.2 Å². The molecule has 0 fully saturated rings. The predicted molar refractivity (Wildman–Crippen MR) is 108 cm³/mol. The number of amides is 1. The Morgan fingerprint density at radius 1 is 1.15 bits per heavy atom. The number of hydrogen-bond acceptors (Lipinski definition) is 3. The smallest absolute Gasteiger partial charge is 0.326 e. The summed E-state index contributed by atoms with van der Waals surface area (Å²) >= 11 is 1.59. The first kappa shape index (κ1) is 19.0. The van der Waals surface area contributed by atoms with Gasteiger partial charge in [-0.15, -0.1) is 11.8 Å². The van der Waals surface area contributed by atoms with Crippen LogP contribution in [0.1, 0.15) is 17.5 Å². The molecular formula is C21H22N2O3S. The first-order chi connectivity index (χ1) is 13.0. The average molecular weight is 382 g/mol. The fourth-order valence-electron chi connectivity index (χ4n) is 2.88. The summed E-state index contributed by atoms with van der Waals surface area (Å²) in [5.41, 5.74) is 3.03. The summed E-state index contributed by atoms with van der Waals surface area (Å²) in [5.74, 6) is -0.671. The molecule has 3 rings (SSSR count). The van der Waals surface area contributed by atoms with Crippen molar-refractivity contribution in [2.75, 3.05) is 5.75 Å². The van der Waals surface area contributed by atoms with E-state index in [-0.39, 0.29) is 18.7 Å². The van der Waals surface area contributed by atoms with E-state index in [0.29, 0.717) is 5.75 Å². The van der Waals surface area contributed by atoms with E-state index in [1.807, 2.05) is 55.5 Å². The Morgan fingerprint density at radius 2 is 1.89 bits per heavy atom. The van der Waals surface area contributed by atoms with Crippen LogP contribution in [-0.4, -0.2) is 33.8 Å². The number of carboxylic acids is 1. The van der Waals surface area contributed by atoms with Crippen molar-refractivity contribution in [1.29, 1.82) is 0 Å². The molecule has 2 aromatic carbocycles. The molecule has 6 heteroatoms. The molecule has 3 aromatic rings. The van der Waals surface area contributed by atoms with Crippen molar-refractivity contribution in [2.45, 2.75) is 30.7 Å². The molecule has 5 nitrogen and oxygen atoms in total. The second-order valence-corrected chi connectivity index (χ2v) is 7.60. The van der Waals surface area contributed by atoms with Crippen LogP contribution in [0.2, 0.25) is 0 Å². The molecule has 0 aliphatic rings. The van der Waals surface area contributed by atoms with E-state index in [4.69, 9.17) is 0 Å². The largest absolute Gasteiger partial charge is 0.480 e. The van der Waals surface area contributed by atoms with Gasteiger partial charge in [-0.2, -0.15) is 0 Å². The van der Waals surface area contributed by atoms with Crippen LogP contribution in [0.15, 0.2) is 59.6 Å². The Labute approximate surface area is 162 Å². The summed E-state index contributed by atoms with van der Waals surface area (Å²) in [7, 11) is 0. The second-order valence-electron chi connectivity index (χ2n) is 6.43. The Morgan fingerprint density at radius 3 is 2.63 bits per heavy atom. The van der Waals surface area contributed by atoms with Gasteiger partial charge in [-0.3, -0.25) is 4.79 Å². The van der Waals surface area contributed by atoms with E-state index in [0.717, 1.165) is 21.4 Å². The van der Waals surface area contributed by atoms with Crippen LogP contribution in [0.3, 0.4) is 0 Å². The number of thioether (sulfide) groups is 1. The fourth-order valence-corrected chi connectivity index (χ4v) is 3.73. The van der Waals surface area contributed by atoms with Crippen LogP contribution in [0.25, 0.3) is 10.9 Å². The maximum Gasteiger partial charge on any atom is 0.326 e. The molecule has 0 saturated heterocycles. The van der Waals surface area contributed by atoms with E-state index >= 15 is 0 Å². The van der Waals surface area contributed by atoms with Gasteiger partial charge in [-0.05, 0) is 30.7 Å². The monoisotopic (exact) mass is 382 g/mol. The number of aromatic nitrogens is 1. The number of aryl methyl sites for hydroxylation is 1. The lowest BCUT2D eigenvalue weighted by Crippen LogP contribution is -2.42. The van der Waals surface area contributed by atoms with Crippen LogP contribution in [0.4, 0.5) is 0 Å². The SMILES string of the molecule is Cc1ccc(SCCC(=O)N[C@H](Cc2c[nH]c3ccccc23)C(=O)O)cc1. The first-order valence-corrected chi connectivity index (χ1v) is 9.78. The minimum Gasteiger partial charge on any atom is -0.480 e. The van der Waals surface area contributed by atoms with E-state index < -0.39 is 12.0 Å². The molecule has 3 N–H and O–H groups in total. The molecule has 1 aromatic heterocycles. The zero-order chi connectivity index (χ0) is 19.2. The molecule has 0 radical (unpaired) electrons. The highest BCUT2D eigenvalue weighted by molar-refractivity contribution is 7.99. The number of rotatable bonds is 8. The highest BCUT2D eigenvalue weighted by atomic mass is 32.2. The number of hydrogen-bond donors (Lipinski definition) is 3. The highest BCUT2D eigenvalue weighted by Gasteiger charge is 2.21. The summed E-state index contributed by atoms with van der Waals surface area (Å²) in [6, 6.07) is 14.9. The third-order valence-electron chi connectivity index (χ3n) is 4.35. The lowest BCUT2D eigenvalue weighted by atomic mass is 10.0. The van der Waals surface area contributed by atoms with Gasteiger partial charge < -0.3 is 15.4 Å². The lowest BCUT2D eigenvalue weighted by molar-refractivity contribution is -0.141. The number of carbonyl (C=O) groups is 2. The average Bonchev–Trinajstić information content (AvgIpc) is 3.06. The molecule has 0 unspecified atom stereocenters. The summed E-state index contributed by atoms with van der Waals surface area (Å²) in [5, 5.41) is 13.1. The molecule has 0 aliphatic carbocycles. The molecule has 27 heavy (non-hydrogen) atoms. The van der Waals surface area contributed by atoms with Crippen LogP contribution in [-0.2, 0) is 16.0 Å². The van der Waals surface area contributed by atoms with Crippen molar-refractivity contribution in [3.05, 3.63) is 65.9 Å². The number of fused-ring (bicyclic) bond motifs is 1. The lowest BCUT2D eigenvalue weighted by Gasteiger charge is -2.14. The third kappa shape index (κ3) is 5.14. The number of H-pyrrole nitrogens is 1. The van der Waals surface area contributed by atoms with Gasteiger partial charge in [0.05, 0.1) is 0 Å². The molecule has 0 spiro atoms. The molecule has 1 heterocycles. The zero-order valence-electron chi connectivity index (χ0n) is 15.1. The van der Waals surface area contributed by atoms with Gasteiger partial charge in [0.1, 0.15) is 6.04 Å². The normalized spacial score (nSPS) is 12.0. The third-order valence-corrected chi connectivity index (χ3v) is 5.36. The summed E-state index contributed by atoms with van der Waals surface area (Å²) in [6.45, 7) is 2.03. The van der Waals surface area contributed by atoms with Crippen LogP contribution in [0.5, 0.6) is 0 Å². The van der Waals surface area contributed by atoms with E-state index in [1.54, 1.807) is 18.0 Å². The van der Waals surface area contributed by atoms with Crippen molar-refractivity contribution in [1.82, 2.24) is 10.3 Å². The van der Waals surface area contributed by atoms with Gasteiger partial charge >= 0.3 is 5.97 Å². The molecule has 0 saturated carbocycles. The van der Waals surface area contributed by atoms with E-state index in [1.165, 1.54) is 5.56 Å². The van der Waals surface area contributed by atoms with Gasteiger partial charge in [-0.1, -0.05) is 35.9 Å². The number of benzene rings is 2. The molecule has 0 aliphatic heterocycles. The number of para-hydroxylation sites is 1. The Kier molecular flexibility index (Phi) is 6.19. The van der Waals surface area contributed by atoms with Crippen molar-refractivity contribution in [2.24, 2.45) is 0 Å². The molecule has 1 atom stereocenters. The minimum absolute atomic E-state index is 0.246. The number of carbonyl (C=O) groups excluding carboxylic acids is 1. The summed E-state index contributed by atoms with van der Waals surface area (Å²) in [4.78, 5) is 28.0. The Hall–Kier alpha value is -2.73. The number of aliphatic carboxylic acids is 1. The molecule has 140 valence electrons. The second kappa shape index (κ2) is 8.77.